The molecule has 0 saturated heterocycles. The van der Waals surface area contributed by atoms with Crippen LogP contribution in [0.15, 0.2) is 24.8 Å². The van der Waals surface area contributed by atoms with Crippen molar-refractivity contribution < 1.29 is 19.2 Å². The van der Waals surface area contributed by atoms with Gasteiger partial charge in [0.05, 0.1) is 17.0 Å². The van der Waals surface area contributed by atoms with Crippen molar-refractivity contribution in [3.05, 3.63) is 34.9 Å². The van der Waals surface area contributed by atoms with Gasteiger partial charge < -0.3 is 20.5 Å². The topological polar surface area (TPSA) is 117 Å². The van der Waals surface area contributed by atoms with Gasteiger partial charge in [0.1, 0.15) is 18.9 Å². The Morgan fingerprint density at radius 1 is 1.48 bits per heavy atom. The van der Waals surface area contributed by atoms with Crippen LogP contribution in [-0.2, 0) is 4.79 Å². The van der Waals surface area contributed by atoms with Crippen LogP contribution in [-0.4, -0.2) is 30.1 Å². The molecule has 0 bridgehead atoms. The maximum Gasteiger partial charge on any atom is 0.296 e. The minimum absolute atomic E-state index is 0.0220. The monoisotopic (exact) mass is 293 g/mol. The lowest BCUT2D eigenvalue weighted by molar-refractivity contribution is -0.384. The summed E-state index contributed by atoms with van der Waals surface area (Å²) in [6.45, 7) is 4.15. The van der Waals surface area contributed by atoms with E-state index < -0.39 is 16.9 Å². The summed E-state index contributed by atoms with van der Waals surface area (Å²) in [7, 11) is 0. The number of benzene rings is 1. The molecule has 112 valence electrons. The summed E-state index contributed by atoms with van der Waals surface area (Å²) in [6.07, 6.45) is 1.77. The fourth-order valence-electron chi connectivity index (χ4n) is 1.84. The van der Waals surface area contributed by atoms with Gasteiger partial charge in [-0.1, -0.05) is 6.08 Å². The van der Waals surface area contributed by atoms with Crippen molar-refractivity contribution in [2.45, 2.75) is 12.5 Å². The largest absolute Gasteiger partial charge is 0.486 e. The van der Waals surface area contributed by atoms with Crippen LogP contribution in [0.1, 0.15) is 6.42 Å². The minimum atomic E-state index is -0.824. The first-order valence-corrected chi connectivity index (χ1v) is 6.28. The predicted molar refractivity (Wildman–Crippen MR) is 75.5 cm³/mol. The predicted octanol–water partition coefficient (Wildman–Crippen LogP) is 1.21. The maximum absolute atomic E-state index is 11.9. The zero-order valence-electron chi connectivity index (χ0n) is 11.2. The van der Waals surface area contributed by atoms with Gasteiger partial charge in [0, 0.05) is 6.07 Å². The molecule has 21 heavy (non-hydrogen) atoms. The number of nitrogens with two attached hydrogens (primary N) is 1. The molecule has 8 nitrogen and oxygen atoms in total. The zero-order valence-corrected chi connectivity index (χ0v) is 11.2. The van der Waals surface area contributed by atoms with Crippen molar-refractivity contribution in [3.63, 3.8) is 0 Å². The highest BCUT2D eigenvalue weighted by Gasteiger charge is 2.24. The summed E-state index contributed by atoms with van der Waals surface area (Å²) >= 11 is 0. The zero-order chi connectivity index (χ0) is 15.4. The molecule has 0 fully saturated rings. The number of amides is 1. The number of nitro groups is 1. The second-order valence-electron chi connectivity index (χ2n) is 4.39. The summed E-state index contributed by atoms with van der Waals surface area (Å²) in [5, 5.41) is 13.5. The molecule has 3 N–H and O–H groups in total. The molecule has 1 aliphatic heterocycles. The molecule has 1 aliphatic rings. The highest BCUT2D eigenvalue weighted by Crippen LogP contribution is 2.39. The first kappa shape index (κ1) is 14.8. The normalized spacial score (nSPS) is 14.1. The third-order valence-corrected chi connectivity index (χ3v) is 2.87. The number of hydrogen-bond donors (Lipinski definition) is 2. The van der Waals surface area contributed by atoms with Gasteiger partial charge in [0.15, 0.2) is 11.5 Å². The second-order valence-corrected chi connectivity index (χ2v) is 4.39. The number of rotatable bonds is 5. The van der Waals surface area contributed by atoms with E-state index in [4.69, 9.17) is 15.2 Å². The molecule has 0 aromatic heterocycles. The van der Waals surface area contributed by atoms with Crippen LogP contribution in [0, 0.1) is 10.1 Å². The van der Waals surface area contributed by atoms with Crippen molar-refractivity contribution in [2.75, 3.05) is 18.5 Å². The number of carbonyl (C=O) groups is 1. The quantitative estimate of drug-likeness (QED) is 0.478. The number of anilines is 1. The molecule has 1 aromatic rings. The van der Waals surface area contributed by atoms with Crippen molar-refractivity contribution in [1.82, 2.24) is 0 Å². The maximum atomic E-state index is 11.9. The number of nitrogens with zero attached hydrogens (tertiary/aromatic N) is 1. The molecule has 0 saturated carbocycles. The van der Waals surface area contributed by atoms with Crippen LogP contribution < -0.4 is 20.5 Å². The molecule has 1 amide bonds. The Morgan fingerprint density at radius 3 is 2.67 bits per heavy atom. The number of nitro benzene ring substituents is 1. The van der Waals surface area contributed by atoms with E-state index in [1.807, 2.05) is 0 Å². The number of hydrogen-bond acceptors (Lipinski definition) is 6. The van der Waals surface area contributed by atoms with Crippen LogP contribution in [0.2, 0.25) is 0 Å². The summed E-state index contributed by atoms with van der Waals surface area (Å²) in [4.78, 5) is 22.4. The third-order valence-electron chi connectivity index (χ3n) is 2.87. The Kier molecular flexibility index (Phi) is 4.39. The first-order chi connectivity index (χ1) is 10.0. The van der Waals surface area contributed by atoms with E-state index in [0.717, 1.165) is 0 Å². The fraction of sp³-hybridized carbons (Fsp3) is 0.308. The van der Waals surface area contributed by atoms with Crippen molar-refractivity contribution in [2.24, 2.45) is 5.73 Å². The average molecular weight is 293 g/mol. The molecule has 8 heteroatoms. The standard InChI is InChI=1S/C13H15N3O5/c1-2-3-8(14)13(17)15-9-6-11-12(21-5-4-20-11)7-10(9)16(18)19/h2,6-8H,1,3-5,14H2,(H,15,17). The molecular weight excluding hydrogens is 278 g/mol. The number of nitrogens with one attached hydrogen (secondary N) is 1. The highest BCUT2D eigenvalue weighted by atomic mass is 16.6. The van der Waals surface area contributed by atoms with E-state index >= 15 is 0 Å². The van der Waals surface area contributed by atoms with E-state index in [1.54, 1.807) is 0 Å². The van der Waals surface area contributed by atoms with E-state index in [1.165, 1.54) is 18.2 Å². The minimum Gasteiger partial charge on any atom is -0.486 e. The van der Waals surface area contributed by atoms with E-state index in [0.29, 0.717) is 19.0 Å². The Balaban J connectivity index is 2.30. The summed E-state index contributed by atoms with van der Waals surface area (Å²) in [5.74, 6) is 0.0930. The Labute approximate surface area is 120 Å². The highest BCUT2D eigenvalue weighted by molar-refractivity contribution is 5.97. The van der Waals surface area contributed by atoms with Crippen LogP contribution in [0.5, 0.6) is 11.5 Å². The summed E-state index contributed by atoms with van der Waals surface area (Å²) in [5.41, 5.74) is 5.37. The van der Waals surface area contributed by atoms with Crippen LogP contribution in [0.3, 0.4) is 0 Å². The van der Waals surface area contributed by atoms with E-state index in [2.05, 4.69) is 11.9 Å². The van der Waals surface area contributed by atoms with E-state index in [9.17, 15) is 14.9 Å². The lowest BCUT2D eigenvalue weighted by Gasteiger charge is -2.19. The molecule has 2 rings (SSSR count). The number of ether oxygens (including phenoxy) is 2. The number of fused-ring (bicyclic) bond motifs is 1. The van der Waals surface area contributed by atoms with Crippen molar-refractivity contribution in [3.8, 4) is 11.5 Å². The third kappa shape index (κ3) is 3.29. The van der Waals surface area contributed by atoms with Gasteiger partial charge in [-0.05, 0) is 6.42 Å². The Morgan fingerprint density at radius 2 is 2.10 bits per heavy atom. The lowest BCUT2D eigenvalue weighted by Crippen LogP contribution is -2.35. The van der Waals surface area contributed by atoms with Crippen LogP contribution in [0.25, 0.3) is 0 Å². The molecular formula is C13H15N3O5. The average Bonchev–Trinajstić information content (AvgIpc) is 2.46. The van der Waals surface area contributed by atoms with Gasteiger partial charge in [0.2, 0.25) is 5.91 Å². The van der Waals surface area contributed by atoms with Gasteiger partial charge in [-0.25, -0.2) is 0 Å². The molecule has 1 heterocycles. The van der Waals surface area contributed by atoms with Gasteiger partial charge in [-0.2, -0.15) is 0 Å². The number of carbonyl (C=O) groups excluding carboxylic acids is 1. The van der Waals surface area contributed by atoms with Crippen molar-refractivity contribution in [1.29, 1.82) is 0 Å². The molecule has 1 unspecified atom stereocenters. The molecule has 0 spiro atoms. The van der Waals surface area contributed by atoms with Crippen LogP contribution >= 0.6 is 0 Å². The Hall–Kier alpha value is -2.61. The smallest absolute Gasteiger partial charge is 0.296 e. The SMILES string of the molecule is C=CCC(N)C(=O)Nc1cc2c(cc1[N+](=O)[O-])OCCO2. The molecule has 1 atom stereocenters. The Bertz CT molecular complexity index is 587. The second kappa shape index (κ2) is 6.23. The molecule has 0 radical (unpaired) electrons. The first-order valence-electron chi connectivity index (χ1n) is 6.28. The van der Waals surface area contributed by atoms with Gasteiger partial charge in [0.25, 0.3) is 5.69 Å². The molecule has 0 aliphatic carbocycles. The lowest BCUT2D eigenvalue weighted by atomic mass is 10.2. The molecule has 1 aromatic carbocycles. The van der Waals surface area contributed by atoms with Gasteiger partial charge >= 0.3 is 0 Å². The van der Waals surface area contributed by atoms with Crippen LogP contribution in [0.4, 0.5) is 11.4 Å². The van der Waals surface area contributed by atoms with Gasteiger partial charge in [-0.15, -0.1) is 6.58 Å². The summed E-state index contributed by atoms with van der Waals surface area (Å²) in [6, 6.07) is 1.77. The fourth-order valence-corrected chi connectivity index (χ4v) is 1.84. The summed E-state index contributed by atoms with van der Waals surface area (Å²) < 4.78 is 10.6. The van der Waals surface area contributed by atoms with E-state index in [-0.39, 0.29) is 23.5 Å². The van der Waals surface area contributed by atoms with Crippen molar-refractivity contribution >= 4 is 17.3 Å². The van der Waals surface area contributed by atoms with Gasteiger partial charge in [-0.3, -0.25) is 14.9 Å².